The van der Waals surface area contributed by atoms with E-state index < -0.39 is 17.6 Å². The highest BCUT2D eigenvalue weighted by atomic mass is 35.5. The van der Waals surface area contributed by atoms with Crippen LogP contribution < -0.4 is 0 Å². The lowest BCUT2D eigenvalue weighted by molar-refractivity contribution is -0.132. The van der Waals surface area contributed by atoms with E-state index in [-0.39, 0.29) is 5.69 Å². The van der Waals surface area contributed by atoms with Crippen LogP contribution in [0.15, 0.2) is 36.4 Å². The van der Waals surface area contributed by atoms with Crippen molar-refractivity contribution in [3.63, 3.8) is 0 Å². The first-order valence-electron chi connectivity index (χ1n) is 4.91. The van der Waals surface area contributed by atoms with Crippen LogP contribution in [0.25, 0.3) is 10.9 Å². The second kappa shape index (κ2) is 4.37. The van der Waals surface area contributed by atoms with E-state index in [0.29, 0.717) is 5.52 Å². The highest BCUT2D eigenvalue weighted by molar-refractivity contribution is 6.32. The average molecular weight is 256 g/mol. The summed E-state index contributed by atoms with van der Waals surface area (Å²) in [6, 6.07) is 10.5. The third kappa shape index (κ3) is 2.77. The quantitative estimate of drug-likeness (QED) is 0.789. The maximum absolute atomic E-state index is 12.5. The predicted molar refractivity (Wildman–Crippen MR) is 61.3 cm³/mol. The van der Waals surface area contributed by atoms with Gasteiger partial charge >= 0.3 is 5.38 Å². The molecular weight excluding hydrogens is 248 g/mol. The molecule has 0 amide bonds. The van der Waals surface area contributed by atoms with Gasteiger partial charge < -0.3 is 0 Å². The highest BCUT2D eigenvalue weighted by Gasteiger charge is 2.35. The Hall–Kier alpha value is -1.55. The second-order valence-electron chi connectivity index (χ2n) is 3.59. The minimum atomic E-state index is -3.83. The Kier molecular flexibility index (Phi) is 3.07. The molecule has 0 aliphatic rings. The maximum atomic E-state index is 12.5. The van der Waals surface area contributed by atoms with Gasteiger partial charge in [0, 0.05) is 11.1 Å². The summed E-state index contributed by atoms with van der Waals surface area (Å²) in [6.07, 6.45) is -0.471. The Morgan fingerprint density at radius 3 is 2.65 bits per heavy atom. The van der Waals surface area contributed by atoms with Crippen LogP contribution >= 0.6 is 11.6 Å². The number of hydrogen-bond acceptors (Lipinski definition) is 2. The van der Waals surface area contributed by atoms with Crippen molar-refractivity contribution in [2.75, 3.05) is 0 Å². The number of carbonyl (C=O) groups excluding carboxylic acids is 1. The van der Waals surface area contributed by atoms with E-state index in [4.69, 9.17) is 0 Å². The van der Waals surface area contributed by atoms with Gasteiger partial charge in [-0.05, 0) is 23.7 Å². The summed E-state index contributed by atoms with van der Waals surface area (Å²) >= 11 is 4.64. The Morgan fingerprint density at radius 1 is 1.24 bits per heavy atom. The number of carbonyl (C=O) groups is 1. The number of nitrogens with zero attached hydrogens (tertiary/aromatic N) is 1. The second-order valence-corrected chi connectivity index (χ2v) is 4.07. The maximum Gasteiger partial charge on any atom is 0.380 e. The molecule has 0 unspecified atom stereocenters. The van der Waals surface area contributed by atoms with Crippen LogP contribution in [-0.2, 0) is 11.2 Å². The number of pyridine rings is 1. The van der Waals surface area contributed by atoms with E-state index in [0.717, 1.165) is 5.39 Å². The van der Waals surface area contributed by atoms with E-state index in [1.165, 1.54) is 0 Å². The van der Waals surface area contributed by atoms with Gasteiger partial charge in [0.1, 0.15) is 0 Å². The van der Waals surface area contributed by atoms with Crippen molar-refractivity contribution in [3.05, 3.63) is 42.1 Å². The molecule has 0 bridgehead atoms. The largest absolute Gasteiger partial charge is 0.380 e. The fourth-order valence-electron chi connectivity index (χ4n) is 1.47. The van der Waals surface area contributed by atoms with Crippen molar-refractivity contribution in [3.8, 4) is 0 Å². The van der Waals surface area contributed by atoms with Gasteiger partial charge in [-0.3, -0.25) is 9.78 Å². The number of ketones is 1. The summed E-state index contributed by atoms with van der Waals surface area (Å²) in [6.45, 7) is 0. The summed E-state index contributed by atoms with van der Waals surface area (Å²) in [4.78, 5) is 15.2. The summed E-state index contributed by atoms with van der Waals surface area (Å²) in [5, 5.41) is -2.94. The lowest BCUT2D eigenvalue weighted by Gasteiger charge is -2.06. The molecule has 1 aromatic heterocycles. The van der Waals surface area contributed by atoms with E-state index in [9.17, 15) is 13.6 Å². The Bertz CT molecular complexity index is 566. The standard InChI is InChI=1S/C12H8ClF2NO/c13-12(14,15)11(17)7-9-6-5-8-3-1-2-4-10(8)16-9/h1-6H,7H2. The zero-order valence-electron chi connectivity index (χ0n) is 8.66. The number of benzene rings is 1. The molecule has 0 spiro atoms. The number of alkyl halides is 3. The minimum absolute atomic E-state index is 0.286. The summed E-state index contributed by atoms with van der Waals surface area (Å²) in [5.74, 6) is -1.35. The van der Waals surface area contributed by atoms with Crippen molar-refractivity contribution >= 4 is 28.3 Å². The zero-order chi connectivity index (χ0) is 12.5. The fourth-order valence-corrected chi connectivity index (χ4v) is 1.54. The molecule has 5 heteroatoms. The minimum Gasteiger partial charge on any atom is -0.291 e. The van der Waals surface area contributed by atoms with Gasteiger partial charge in [0.2, 0.25) is 5.78 Å². The number of rotatable bonds is 3. The average Bonchev–Trinajstić information content (AvgIpc) is 2.27. The number of hydrogen-bond donors (Lipinski definition) is 0. The first-order chi connectivity index (χ1) is 7.97. The van der Waals surface area contributed by atoms with E-state index in [1.54, 1.807) is 24.3 Å². The summed E-state index contributed by atoms with van der Waals surface area (Å²) < 4.78 is 25.0. The molecular formula is C12H8ClF2NO. The van der Waals surface area contributed by atoms with Gasteiger partial charge in [-0.15, -0.1) is 0 Å². The van der Waals surface area contributed by atoms with Crippen LogP contribution in [0.1, 0.15) is 5.69 Å². The number of fused-ring (bicyclic) bond motifs is 1. The first-order valence-corrected chi connectivity index (χ1v) is 5.29. The predicted octanol–water partition coefficient (Wildman–Crippen LogP) is 3.18. The molecule has 2 nitrogen and oxygen atoms in total. The van der Waals surface area contributed by atoms with Crippen LogP contribution in [0.3, 0.4) is 0 Å². The van der Waals surface area contributed by atoms with Crippen molar-refractivity contribution in [2.24, 2.45) is 0 Å². The molecule has 0 aliphatic heterocycles. The van der Waals surface area contributed by atoms with Gasteiger partial charge in [0.05, 0.1) is 11.9 Å². The zero-order valence-corrected chi connectivity index (χ0v) is 9.42. The molecule has 0 aliphatic carbocycles. The van der Waals surface area contributed by atoms with Crippen molar-refractivity contribution in [1.82, 2.24) is 4.98 Å². The monoisotopic (exact) mass is 255 g/mol. The third-order valence-electron chi connectivity index (χ3n) is 2.31. The van der Waals surface area contributed by atoms with Gasteiger partial charge in [-0.2, -0.15) is 8.78 Å². The van der Waals surface area contributed by atoms with Crippen molar-refractivity contribution in [2.45, 2.75) is 11.8 Å². The molecule has 0 saturated heterocycles. The lowest BCUT2D eigenvalue weighted by Crippen LogP contribution is -2.23. The number of halogens is 3. The van der Waals surface area contributed by atoms with E-state index >= 15 is 0 Å². The lowest BCUT2D eigenvalue weighted by atomic mass is 10.1. The van der Waals surface area contributed by atoms with E-state index in [2.05, 4.69) is 16.6 Å². The summed E-state index contributed by atoms with van der Waals surface area (Å²) in [7, 11) is 0. The van der Waals surface area contributed by atoms with Gasteiger partial charge in [-0.25, -0.2) is 0 Å². The third-order valence-corrected chi connectivity index (χ3v) is 2.52. The smallest absolute Gasteiger partial charge is 0.291 e. The molecule has 0 radical (unpaired) electrons. The molecule has 2 aromatic rings. The summed E-state index contributed by atoms with van der Waals surface area (Å²) in [5.41, 5.74) is 0.949. The Labute approximate surface area is 101 Å². The van der Waals surface area contributed by atoms with Gasteiger partial charge in [0.15, 0.2) is 0 Å². The number of Topliss-reactive ketones (excluding diaryl/α,β-unsaturated/α-hetero) is 1. The molecule has 1 heterocycles. The molecule has 0 fully saturated rings. The van der Waals surface area contributed by atoms with Gasteiger partial charge in [-0.1, -0.05) is 24.3 Å². The normalized spacial score (nSPS) is 11.7. The van der Waals surface area contributed by atoms with Crippen LogP contribution in [0.4, 0.5) is 8.78 Å². The van der Waals surface area contributed by atoms with Crippen LogP contribution in [0, 0.1) is 0 Å². The molecule has 2 rings (SSSR count). The van der Waals surface area contributed by atoms with E-state index in [1.807, 2.05) is 12.1 Å². The van der Waals surface area contributed by atoms with Crippen molar-refractivity contribution < 1.29 is 13.6 Å². The molecule has 0 atom stereocenters. The van der Waals surface area contributed by atoms with Crippen LogP contribution in [0.5, 0.6) is 0 Å². The van der Waals surface area contributed by atoms with Crippen LogP contribution in [-0.4, -0.2) is 16.1 Å². The number of aromatic nitrogens is 1. The molecule has 0 N–H and O–H groups in total. The van der Waals surface area contributed by atoms with Gasteiger partial charge in [0.25, 0.3) is 0 Å². The molecule has 0 saturated carbocycles. The Balaban J connectivity index is 2.29. The fraction of sp³-hybridized carbons (Fsp3) is 0.167. The van der Waals surface area contributed by atoms with Crippen molar-refractivity contribution in [1.29, 1.82) is 0 Å². The number of para-hydroxylation sites is 1. The molecule has 88 valence electrons. The molecule has 1 aromatic carbocycles. The first kappa shape index (κ1) is 11.9. The van der Waals surface area contributed by atoms with Crippen LogP contribution in [0.2, 0.25) is 0 Å². The highest BCUT2D eigenvalue weighted by Crippen LogP contribution is 2.22. The topological polar surface area (TPSA) is 30.0 Å². The molecule has 17 heavy (non-hydrogen) atoms. The Morgan fingerprint density at radius 2 is 1.94 bits per heavy atom. The SMILES string of the molecule is O=C(Cc1ccc2ccccc2n1)C(F)(F)Cl.